The van der Waals surface area contributed by atoms with Gasteiger partial charge in [-0.1, -0.05) is 71.2 Å². The zero-order valence-corrected chi connectivity index (χ0v) is 22.4. The number of nitrogens with one attached hydrogen (secondary N) is 1. The summed E-state index contributed by atoms with van der Waals surface area (Å²) < 4.78 is 29.4. The molecule has 8 nitrogen and oxygen atoms in total. The first kappa shape index (κ1) is 26.7. The van der Waals surface area contributed by atoms with Gasteiger partial charge in [-0.15, -0.1) is 0 Å². The van der Waals surface area contributed by atoms with Gasteiger partial charge in [0.05, 0.1) is 43.8 Å². The number of nitrogens with zero attached hydrogens (tertiary/aromatic N) is 4. The molecule has 0 fully saturated rings. The summed E-state index contributed by atoms with van der Waals surface area (Å²) in [4.78, 5) is 12.8. The average molecular weight is 577 g/mol. The van der Waals surface area contributed by atoms with E-state index in [1.54, 1.807) is 22.9 Å². The van der Waals surface area contributed by atoms with Crippen LogP contribution in [0.5, 0.6) is 0 Å². The molecule has 0 radical (unpaired) electrons. The molecule has 4 rings (SSSR count). The molecule has 1 N–H and O–H groups in total. The SMILES string of the molecule is Cc1c(/C=N\NC(=O)CN(c2ccc(Cl)c(Cl)c2)S(=O)(=O)c2ccccc2)c(Cl)nn1-c1ccccc1. The molecule has 4 aromatic rings. The Bertz CT molecular complexity index is 1560. The zero-order chi connectivity index (χ0) is 26.6. The summed E-state index contributed by atoms with van der Waals surface area (Å²) in [6, 6.07) is 21.4. The summed E-state index contributed by atoms with van der Waals surface area (Å²) in [6.07, 6.45) is 1.36. The normalized spacial score (nSPS) is 11.6. The van der Waals surface area contributed by atoms with Gasteiger partial charge >= 0.3 is 0 Å². The summed E-state index contributed by atoms with van der Waals surface area (Å²) >= 11 is 18.4. The molecule has 1 heterocycles. The number of hydrogen-bond acceptors (Lipinski definition) is 5. The topological polar surface area (TPSA) is 96.7 Å². The minimum atomic E-state index is -4.11. The molecule has 0 aliphatic heterocycles. The van der Waals surface area contributed by atoms with E-state index in [1.165, 1.54) is 36.5 Å². The molecule has 0 aliphatic rings. The van der Waals surface area contributed by atoms with Crippen LogP contribution in [0.2, 0.25) is 15.2 Å². The van der Waals surface area contributed by atoms with Crippen molar-refractivity contribution in [2.45, 2.75) is 11.8 Å². The summed E-state index contributed by atoms with van der Waals surface area (Å²) in [6.45, 7) is 1.25. The molecule has 0 aliphatic carbocycles. The fraction of sp³-hybridized carbons (Fsp3) is 0.0800. The largest absolute Gasteiger partial charge is 0.271 e. The Morgan fingerprint density at radius 1 is 1.00 bits per heavy atom. The predicted octanol–water partition coefficient (Wildman–Crippen LogP) is 5.49. The molecule has 0 spiro atoms. The van der Waals surface area contributed by atoms with Crippen molar-refractivity contribution in [2.24, 2.45) is 5.10 Å². The molecule has 190 valence electrons. The van der Waals surface area contributed by atoms with E-state index in [-0.39, 0.29) is 25.8 Å². The van der Waals surface area contributed by atoms with E-state index in [2.05, 4.69) is 15.6 Å². The van der Waals surface area contributed by atoms with E-state index in [4.69, 9.17) is 34.8 Å². The van der Waals surface area contributed by atoms with Crippen LogP contribution in [0.15, 0.2) is 88.9 Å². The number of sulfonamides is 1. The Morgan fingerprint density at radius 2 is 1.65 bits per heavy atom. The van der Waals surface area contributed by atoms with Crippen molar-refractivity contribution in [3.8, 4) is 5.69 Å². The second-order valence-electron chi connectivity index (χ2n) is 7.75. The number of hydrogen-bond donors (Lipinski definition) is 1. The molecular weight excluding hydrogens is 557 g/mol. The first-order valence-corrected chi connectivity index (χ1v) is 13.4. The fourth-order valence-corrected chi connectivity index (χ4v) is 5.44. The lowest BCUT2D eigenvalue weighted by Gasteiger charge is -2.24. The highest BCUT2D eigenvalue weighted by molar-refractivity contribution is 7.92. The highest BCUT2D eigenvalue weighted by atomic mass is 35.5. The van der Waals surface area contributed by atoms with Crippen LogP contribution in [0.1, 0.15) is 11.3 Å². The van der Waals surface area contributed by atoms with Gasteiger partial charge in [0.15, 0.2) is 5.15 Å². The number of benzene rings is 3. The van der Waals surface area contributed by atoms with E-state index >= 15 is 0 Å². The Hall–Kier alpha value is -3.37. The van der Waals surface area contributed by atoms with Crippen molar-refractivity contribution in [1.82, 2.24) is 15.2 Å². The second-order valence-corrected chi connectivity index (χ2v) is 10.8. The monoisotopic (exact) mass is 575 g/mol. The number of carbonyl (C=O) groups is 1. The minimum absolute atomic E-state index is 0.00751. The third kappa shape index (κ3) is 5.97. The van der Waals surface area contributed by atoms with Gasteiger partial charge in [-0.05, 0) is 49.4 Å². The Morgan fingerprint density at radius 3 is 2.30 bits per heavy atom. The molecule has 0 atom stereocenters. The third-order valence-electron chi connectivity index (χ3n) is 5.31. The van der Waals surface area contributed by atoms with Gasteiger partial charge in [-0.3, -0.25) is 9.10 Å². The Balaban J connectivity index is 1.57. The Kier molecular flexibility index (Phi) is 8.19. The molecule has 0 bridgehead atoms. The maximum absolute atomic E-state index is 13.4. The van der Waals surface area contributed by atoms with E-state index < -0.39 is 22.5 Å². The van der Waals surface area contributed by atoms with Crippen LogP contribution in [0.4, 0.5) is 5.69 Å². The number of carbonyl (C=O) groups excluding carboxylic acids is 1. The highest BCUT2D eigenvalue weighted by Gasteiger charge is 2.27. The average Bonchev–Trinajstić information content (AvgIpc) is 3.18. The van der Waals surface area contributed by atoms with Gasteiger partial charge in [0.25, 0.3) is 15.9 Å². The number of hydrazone groups is 1. The van der Waals surface area contributed by atoms with E-state index in [0.29, 0.717) is 11.3 Å². The minimum Gasteiger partial charge on any atom is -0.271 e. The van der Waals surface area contributed by atoms with Gasteiger partial charge in [-0.2, -0.15) is 10.2 Å². The second kappa shape index (κ2) is 11.4. The van der Waals surface area contributed by atoms with Crippen LogP contribution < -0.4 is 9.73 Å². The van der Waals surface area contributed by atoms with Crippen LogP contribution in [-0.2, 0) is 14.8 Å². The lowest BCUT2D eigenvalue weighted by atomic mass is 10.2. The maximum Gasteiger partial charge on any atom is 0.264 e. The van der Waals surface area contributed by atoms with Crippen molar-refractivity contribution < 1.29 is 13.2 Å². The summed E-state index contributed by atoms with van der Waals surface area (Å²) in [7, 11) is -4.11. The quantitative estimate of drug-likeness (QED) is 0.222. The van der Waals surface area contributed by atoms with Crippen LogP contribution in [-0.4, -0.2) is 36.9 Å². The number of halogens is 3. The van der Waals surface area contributed by atoms with Crippen LogP contribution >= 0.6 is 34.8 Å². The number of amides is 1. The number of para-hydroxylation sites is 1. The van der Waals surface area contributed by atoms with Crippen molar-refractivity contribution in [2.75, 3.05) is 10.8 Å². The van der Waals surface area contributed by atoms with Crippen LogP contribution in [0.25, 0.3) is 5.69 Å². The fourth-order valence-electron chi connectivity index (χ4n) is 3.46. The van der Waals surface area contributed by atoms with Crippen LogP contribution in [0, 0.1) is 6.92 Å². The predicted molar refractivity (Wildman–Crippen MR) is 146 cm³/mol. The van der Waals surface area contributed by atoms with Crippen molar-refractivity contribution in [3.63, 3.8) is 0 Å². The molecule has 3 aromatic carbocycles. The molecule has 0 saturated carbocycles. The molecule has 0 unspecified atom stereocenters. The molecule has 1 amide bonds. The van der Waals surface area contributed by atoms with E-state index in [1.807, 2.05) is 37.3 Å². The van der Waals surface area contributed by atoms with Gasteiger partial charge in [0.2, 0.25) is 0 Å². The number of aromatic nitrogens is 2. The summed E-state index contributed by atoms with van der Waals surface area (Å²) in [5.74, 6) is -0.689. The highest BCUT2D eigenvalue weighted by Crippen LogP contribution is 2.30. The van der Waals surface area contributed by atoms with Crippen molar-refractivity contribution in [3.05, 3.63) is 105 Å². The van der Waals surface area contributed by atoms with E-state index in [0.717, 1.165) is 9.99 Å². The lowest BCUT2D eigenvalue weighted by Crippen LogP contribution is -2.39. The third-order valence-corrected chi connectivity index (χ3v) is 8.12. The summed E-state index contributed by atoms with van der Waals surface area (Å²) in [5.41, 5.74) is 4.55. The molecule has 1 aromatic heterocycles. The number of rotatable bonds is 8. The van der Waals surface area contributed by atoms with Gasteiger partial charge in [0, 0.05) is 0 Å². The standard InChI is InChI=1S/C25H20Cl3N5O3S/c1-17-21(25(28)31-33(17)18-8-4-2-5-9-18)15-29-30-24(34)16-32(19-12-13-22(26)23(27)14-19)37(35,36)20-10-6-3-7-11-20/h2-15H,16H2,1H3,(H,30,34)/b29-15-. The van der Waals surface area contributed by atoms with Gasteiger partial charge in [0.1, 0.15) is 6.54 Å². The smallest absolute Gasteiger partial charge is 0.264 e. The number of anilines is 1. The lowest BCUT2D eigenvalue weighted by molar-refractivity contribution is -0.119. The van der Waals surface area contributed by atoms with Gasteiger partial charge in [-0.25, -0.2) is 18.5 Å². The molecule has 12 heteroatoms. The zero-order valence-electron chi connectivity index (χ0n) is 19.3. The van der Waals surface area contributed by atoms with Crippen molar-refractivity contribution in [1.29, 1.82) is 0 Å². The molecular formula is C25H20Cl3N5O3S. The van der Waals surface area contributed by atoms with Gasteiger partial charge < -0.3 is 0 Å². The van der Waals surface area contributed by atoms with Crippen molar-refractivity contribution >= 4 is 62.6 Å². The molecule has 37 heavy (non-hydrogen) atoms. The first-order chi connectivity index (χ1) is 17.7. The maximum atomic E-state index is 13.4. The first-order valence-electron chi connectivity index (χ1n) is 10.8. The summed E-state index contributed by atoms with van der Waals surface area (Å²) in [5, 5.41) is 8.88. The van der Waals surface area contributed by atoms with Crippen LogP contribution in [0.3, 0.4) is 0 Å². The molecule has 0 saturated heterocycles. The van der Waals surface area contributed by atoms with E-state index in [9.17, 15) is 13.2 Å². The Labute approximate surface area is 229 Å².